The Bertz CT molecular complexity index is 705. The van der Waals surface area contributed by atoms with E-state index >= 15 is 0 Å². The molecule has 0 bridgehead atoms. The maximum absolute atomic E-state index is 12.1. The highest BCUT2D eigenvalue weighted by Crippen LogP contribution is 2.28. The topological polar surface area (TPSA) is 46.5 Å². The average molecular weight is 347 g/mol. The van der Waals surface area contributed by atoms with E-state index in [1.165, 1.54) is 18.2 Å². The van der Waals surface area contributed by atoms with Crippen LogP contribution in [0.5, 0.6) is 11.5 Å². The fourth-order valence-electron chi connectivity index (χ4n) is 1.90. The second-order valence-electron chi connectivity index (χ2n) is 4.59. The molecule has 0 atom stereocenters. The maximum atomic E-state index is 12.1. The van der Waals surface area contributed by atoms with Crippen LogP contribution in [0.25, 0.3) is 6.08 Å². The Morgan fingerprint density at radius 2 is 2.05 bits per heavy atom. The van der Waals surface area contributed by atoms with E-state index in [1.54, 1.807) is 25.3 Å². The van der Waals surface area contributed by atoms with Gasteiger partial charge in [-0.2, -0.15) is 0 Å². The standard InChI is InChI=1S/C17H15BrO3/c1-11-8-17(21-2)13(10-15(11)18)6-7-16(20)12-4-3-5-14(19)9-12/h3-10,19H,1-2H3/b7-6+. The molecular formula is C17H15BrO3. The van der Waals surface area contributed by atoms with Gasteiger partial charge in [0.15, 0.2) is 5.78 Å². The zero-order valence-electron chi connectivity index (χ0n) is 11.8. The Balaban J connectivity index is 2.29. The van der Waals surface area contributed by atoms with Crippen molar-refractivity contribution in [2.45, 2.75) is 6.92 Å². The van der Waals surface area contributed by atoms with Gasteiger partial charge in [-0.25, -0.2) is 0 Å². The summed E-state index contributed by atoms with van der Waals surface area (Å²) in [6, 6.07) is 10.1. The van der Waals surface area contributed by atoms with Gasteiger partial charge >= 0.3 is 0 Å². The summed E-state index contributed by atoms with van der Waals surface area (Å²) in [5.41, 5.74) is 2.31. The fourth-order valence-corrected chi connectivity index (χ4v) is 2.26. The third-order valence-electron chi connectivity index (χ3n) is 3.06. The number of carbonyl (C=O) groups is 1. The van der Waals surface area contributed by atoms with Gasteiger partial charge in [-0.15, -0.1) is 0 Å². The van der Waals surface area contributed by atoms with Crippen LogP contribution >= 0.6 is 15.9 Å². The molecule has 3 nitrogen and oxygen atoms in total. The Morgan fingerprint density at radius 3 is 2.71 bits per heavy atom. The smallest absolute Gasteiger partial charge is 0.185 e. The van der Waals surface area contributed by atoms with Crippen LogP contribution in [0.15, 0.2) is 46.9 Å². The minimum Gasteiger partial charge on any atom is -0.508 e. The zero-order valence-corrected chi connectivity index (χ0v) is 13.3. The molecular weight excluding hydrogens is 332 g/mol. The highest BCUT2D eigenvalue weighted by atomic mass is 79.9. The first-order valence-electron chi connectivity index (χ1n) is 6.37. The number of hydrogen-bond acceptors (Lipinski definition) is 3. The van der Waals surface area contributed by atoms with Crippen LogP contribution in [-0.2, 0) is 0 Å². The number of aryl methyl sites for hydroxylation is 1. The maximum Gasteiger partial charge on any atom is 0.185 e. The van der Waals surface area contributed by atoms with E-state index in [9.17, 15) is 9.90 Å². The molecule has 0 aromatic heterocycles. The molecule has 4 heteroatoms. The van der Waals surface area contributed by atoms with Gasteiger partial charge in [0.25, 0.3) is 0 Å². The van der Waals surface area contributed by atoms with Gasteiger partial charge in [-0.3, -0.25) is 4.79 Å². The number of phenols is 1. The molecule has 0 unspecified atom stereocenters. The molecule has 0 aliphatic rings. The third kappa shape index (κ3) is 3.73. The number of ether oxygens (including phenoxy) is 1. The lowest BCUT2D eigenvalue weighted by atomic mass is 10.1. The van der Waals surface area contributed by atoms with Gasteiger partial charge in [0.05, 0.1) is 7.11 Å². The van der Waals surface area contributed by atoms with Crippen molar-refractivity contribution in [3.05, 3.63) is 63.6 Å². The molecule has 0 saturated heterocycles. The Morgan fingerprint density at radius 1 is 1.29 bits per heavy atom. The van der Waals surface area contributed by atoms with Gasteiger partial charge in [-0.1, -0.05) is 28.1 Å². The first-order chi connectivity index (χ1) is 10.0. The number of allylic oxidation sites excluding steroid dienone is 1. The largest absolute Gasteiger partial charge is 0.508 e. The molecule has 1 N–H and O–H groups in total. The van der Waals surface area contributed by atoms with E-state index in [2.05, 4.69) is 15.9 Å². The Labute approximate surface area is 132 Å². The Hall–Kier alpha value is -2.07. The number of phenolic OH excluding ortho intramolecular Hbond substituents is 1. The molecule has 0 heterocycles. The number of rotatable bonds is 4. The van der Waals surface area contributed by atoms with Crippen molar-refractivity contribution in [3.8, 4) is 11.5 Å². The minimum absolute atomic E-state index is 0.0740. The molecule has 2 aromatic rings. The quantitative estimate of drug-likeness (QED) is 0.660. The second-order valence-corrected chi connectivity index (χ2v) is 5.45. The van der Waals surface area contributed by atoms with Crippen LogP contribution in [0.2, 0.25) is 0 Å². The normalized spacial score (nSPS) is 10.8. The second kappa shape index (κ2) is 6.59. The van der Waals surface area contributed by atoms with Crippen LogP contribution in [0.4, 0.5) is 0 Å². The summed E-state index contributed by atoms with van der Waals surface area (Å²) >= 11 is 3.46. The molecule has 0 radical (unpaired) electrons. The third-order valence-corrected chi connectivity index (χ3v) is 3.91. The van der Waals surface area contributed by atoms with Crippen molar-refractivity contribution < 1.29 is 14.6 Å². The SMILES string of the molecule is COc1cc(C)c(Br)cc1/C=C/C(=O)c1cccc(O)c1. The summed E-state index contributed by atoms with van der Waals surface area (Å²) in [6.07, 6.45) is 3.17. The minimum atomic E-state index is -0.176. The molecule has 0 amide bonds. The van der Waals surface area contributed by atoms with E-state index in [0.717, 1.165) is 15.6 Å². The Kier molecular flexibility index (Phi) is 4.81. The van der Waals surface area contributed by atoms with Gasteiger partial charge < -0.3 is 9.84 Å². The van der Waals surface area contributed by atoms with Crippen LogP contribution < -0.4 is 4.74 Å². The van der Waals surface area contributed by atoms with Crippen molar-refractivity contribution in [3.63, 3.8) is 0 Å². The number of hydrogen-bond donors (Lipinski definition) is 1. The summed E-state index contributed by atoms with van der Waals surface area (Å²) in [6.45, 7) is 1.97. The van der Waals surface area contributed by atoms with Crippen molar-refractivity contribution in [2.24, 2.45) is 0 Å². The summed E-state index contributed by atoms with van der Waals surface area (Å²) in [5, 5.41) is 9.39. The number of aromatic hydroxyl groups is 1. The van der Waals surface area contributed by atoms with Gasteiger partial charge in [-0.05, 0) is 48.9 Å². The monoisotopic (exact) mass is 346 g/mol. The molecule has 0 saturated carbocycles. The number of methoxy groups -OCH3 is 1. The number of carbonyl (C=O) groups excluding carboxylic acids is 1. The van der Waals surface area contributed by atoms with Crippen molar-refractivity contribution >= 4 is 27.8 Å². The molecule has 2 aromatic carbocycles. The summed E-state index contributed by atoms with van der Waals surface area (Å²) in [4.78, 5) is 12.1. The van der Waals surface area contributed by atoms with E-state index in [1.807, 2.05) is 19.1 Å². The van der Waals surface area contributed by atoms with E-state index < -0.39 is 0 Å². The molecule has 0 spiro atoms. The number of benzene rings is 2. The lowest BCUT2D eigenvalue weighted by Crippen LogP contribution is -1.94. The van der Waals surface area contributed by atoms with Gasteiger partial charge in [0.2, 0.25) is 0 Å². The molecule has 2 rings (SSSR count). The molecule has 0 aliphatic heterocycles. The molecule has 108 valence electrons. The number of halogens is 1. The van der Waals surface area contributed by atoms with Crippen LogP contribution in [-0.4, -0.2) is 18.0 Å². The lowest BCUT2D eigenvalue weighted by Gasteiger charge is -2.07. The van der Waals surface area contributed by atoms with Crippen molar-refractivity contribution in [1.82, 2.24) is 0 Å². The molecule has 21 heavy (non-hydrogen) atoms. The highest BCUT2D eigenvalue weighted by Gasteiger charge is 2.06. The summed E-state index contributed by atoms with van der Waals surface area (Å²) in [7, 11) is 1.59. The van der Waals surface area contributed by atoms with Crippen LogP contribution in [0.3, 0.4) is 0 Å². The van der Waals surface area contributed by atoms with Gasteiger partial charge in [0.1, 0.15) is 11.5 Å². The fraction of sp³-hybridized carbons (Fsp3) is 0.118. The van der Waals surface area contributed by atoms with Crippen LogP contribution in [0.1, 0.15) is 21.5 Å². The number of ketones is 1. The summed E-state index contributed by atoms with van der Waals surface area (Å²) < 4.78 is 6.27. The predicted molar refractivity (Wildman–Crippen MR) is 86.9 cm³/mol. The van der Waals surface area contributed by atoms with Crippen molar-refractivity contribution in [2.75, 3.05) is 7.11 Å². The van der Waals surface area contributed by atoms with Crippen LogP contribution in [0, 0.1) is 6.92 Å². The lowest BCUT2D eigenvalue weighted by molar-refractivity contribution is 0.104. The average Bonchev–Trinajstić information content (AvgIpc) is 2.47. The first kappa shape index (κ1) is 15.3. The van der Waals surface area contributed by atoms with E-state index in [4.69, 9.17) is 4.74 Å². The molecule has 0 aliphatic carbocycles. The van der Waals surface area contributed by atoms with Gasteiger partial charge in [0, 0.05) is 15.6 Å². The van der Waals surface area contributed by atoms with E-state index in [-0.39, 0.29) is 11.5 Å². The van der Waals surface area contributed by atoms with E-state index in [0.29, 0.717) is 11.3 Å². The highest BCUT2D eigenvalue weighted by molar-refractivity contribution is 9.10. The molecule has 0 fully saturated rings. The summed E-state index contributed by atoms with van der Waals surface area (Å²) in [5.74, 6) is 0.602. The van der Waals surface area contributed by atoms with Crippen molar-refractivity contribution in [1.29, 1.82) is 0 Å². The first-order valence-corrected chi connectivity index (χ1v) is 7.16. The zero-order chi connectivity index (χ0) is 15.4. The predicted octanol–water partition coefficient (Wildman–Crippen LogP) is 4.37.